The van der Waals surface area contributed by atoms with Gasteiger partial charge in [-0.25, -0.2) is 0 Å². The molecule has 13 heavy (non-hydrogen) atoms. The van der Waals surface area contributed by atoms with E-state index in [1.807, 2.05) is 7.11 Å². The van der Waals surface area contributed by atoms with E-state index in [0.717, 1.165) is 44.2 Å². The van der Waals surface area contributed by atoms with E-state index >= 15 is 0 Å². The maximum atomic E-state index is 5.27. The summed E-state index contributed by atoms with van der Waals surface area (Å²) in [4.78, 5) is 0. The summed E-state index contributed by atoms with van der Waals surface area (Å²) >= 11 is 0. The first-order valence-electron chi connectivity index (χ1n) is 5.06. The summed E-state index contributed by atoms with van der Waals surface area (Å²) in [6.07, 6.45) is 0. The lowest BCUT2D eigenvalue weighted by Crippen LogP contribution is -2.45. The second kappa shape index (κ2) is 4.55. The van der Waals surface area contributed by atoms with Gasteiger partial charge in [-0.15, -0.1) is 0 Å². The smallest absolute Gasteiger partial charge is 0.161 e. The van der Waals surface area contributed by atoms with E-state index in [0.29, 0.717) is 0 Å². The van der Waals surface area contributed by atoms with Crippen LogP contribution >= 0.6 is 0 Å². The van der Waals surface area contributed by atoms with Crippen molar-refractivity contribution < 1.29 is 13.9 Å². The average Bonchev–Trinajstić information content (AvgIpc) is 1.93. The summed E-state index contributed by atoms with van der Waals surface area (Å²) in [5.74, 6) is 2.43. The van der Waals surface area contributed by atoms with Gasteiger partial charge in [-0.3, -0.25) is 0 Å². The minimum atomic E-state index is -0.273. The highest BCUT2D eigenvalue weighted by Gasteiger charge is 2.37. The Hall–Kier alpha value is 0.0969. The molecule has 0 aromatic heterocycles. The van der Waals surface area contributed by atoms with Gasteiger partial charge in [-0.2, -0.15) is 0 Å². The van der Waals surface area contributed by atoms with Gasteiger partial charge in [0.15, 0.2) is 9.76 Å². The van der Waals surface area contributed by atoms with Crippen LogP contribution in [0.4, 0.5) is 0 Å². The Morgan fingerprint density at radius 3 is 2.08 bits per heavy atom. The Balaban J connectivity index is 1.78. The van der Waals surface area contributed by atoms with Crippen molar-refractivity contribution in [1.29, 1.82) is 0 Å². The van der Waals surface area contributed by atoms with Crippen LogP contribution in [0.25, 0.3) is 0 Å². The minimum Gasteiger partial charge on any atom is -0.427 e. The van der Waals surface area contributed by atoms with E-state index in [9.17, 15) is 0 Å². The number of rotatable bonds is 5. The van der Waals surface area contributed by atoms with Crippen LogP contribution < -0.4 is 0 Å². The van der Waals surface area contributed by atoms with Gasteiger partial charge in [0.05, 0.1) is 26.4 Å². The highest BCUT2D eigenvalue weighted by molar-refractivity contribution is 6.27. The third kappa shape index (κ3) is 2.12. The van der Waals surface area contributed by atoms with Crippen molar-refractivity contribution in [2.24, 2.45) is 17.8 Å². The third-order valence-corrected chi connectivity index (χ3v) is 4.50. The van der Waals surface area contributed by atoms with Crippen molar-refractivity contribution in [2.75, 3.05) is 33.5 Å². The Bertz CT molecular complexity index is 143. The van der Waals surface area contributed by atoms with E-state index in [-0.39, 0.29) is 9.76 Å². The summed E-state index contributed by atoms with van der Waals surface area (Å²) < 4.78 is 15.8. The Morgan fingerprint density at radius 1 is 1.23 bits per heavy atom. The van der Waals surface area contributed by atoms with Crippen LogP contribution in [0.2, 0.25) is 6.04 Å². The second-order valence-electron chi connectivity index (χ2n) is 4.04. The summed E-state index contributed by atoms with van der Waals surface area (Å²) in [5.41, 5.74) is 0. The number of hydrogen-bond acceptors (Lipinski definition) is 3. The first-order valence-corrected chi connectivity index (χ1v) is 6.64. The molecule has 0 aromatic rings. The summed E-state index contributed by atoms with van der Waals surface area (Å²) in [6.45, 7) is 3.89. The highest BCUT2D eigenvalue weighted by atomic mass is 28.2. The second-order valence-corrected chi connectivity index (χ2v) is 5.60. The maximum Gasteiger partial charge on any atom is 0.161 e. The third-order valence-electron chi connectivity index (χ3n) is 3.19. The molecule has 0 atom stereocenters. The molecule has 0 N–H and O–H groups in total. The predicted octanol–water partition coefficient (Wildman–Crippen LogP) is 0.0439. The normalized spacial score (nSPS) is 25.4. The molecule has 0 unspecified atom stereocenters. The SMILES string of the molecule is CO[SiH2]CC(C1COC1)C1COC1. The molecule has 2 saturated heterocycles. The maximum absolute atomic E-state index is 5.27. The molecule has 0 aliphatic carbocycles. The Morgan fingerprint density at radius 2 is 1.77 bits per heavy atom. The molecule has 0 aromatic carbocycles. The molecule has 3 nitrogen and oxygen atoms in total. The fraction of sp³-hybridized carbons (Fsp3) is 1.00. The van der Waals surface area contributed by atoms with Crippen LogP contribution in [0.1, 0.15) is 0 Å². The minimum absolute atomic E-state index is 0.273. The molecule has 0 bridgehead atoms. The number of hydrogen-bond donors (Lipinski definition) is 0. The molecule has 2 aliphatic heterocycles. The zero-order valence-electron chi connectivity index (χ0n) is 8.20. The van der Waals surface area contributed by atoms with Crippen molar-refractivity contribution >= 4 is 9.76 Å². The molecule has 2 aliphatic rings. The summed E-state index contributed by atoms with van der Waals surface area (Å²) in [6, 6.07) is 1.30. The predicted molar refractivity (Wildman–Crippen MR) is 52.5 cm³/mol. The van der Waals surface area contributed by atoms with Crippen molar-refractivity contribution in [1.82, 2.24) is 0 Å². The highest BCUT2D eigenvalue weighted by Crippen LogP contribution is 2.34. The van der Waals surface area contributed by atoms with E-state index < -0.39 is 0 Å². The molecule has 4 heteroatoms. The first-order chi connectivity index (χ1) is 6.42. The zero-order valence-corrected chi connectivity index (χ0v) is 9.61. The van der Waals surface area contributed by atoms with Gasteiger partial charge in [0, 0.05) is 18.9 Å². The van der Waals surface area contributed by atoms with Gasteiger partial charge in [0.2, 0.25) is 0 Å². The van der Waals surface area contributed by atoms with Gasteiger partial charge in [-0.1, -0.05) is 0 Å². The molecular formula is C9H18O3Si. The molecule has 2 heterocycles. The standard InChI is InChI=1S/C9H18O3Si/c1-10-13-6-9(7-2-11-3-7)8-4-12-5-8/h7-9H,2-6,13H2,1H3. The van der Waals surface area contributed by atoms with Crippen LogP contribution in [0.3, 0.4) is 0 Å². The summed E-state index contributed by atoms with van der Waals surface area (Å²) in [7, 11) is 1.56. The molecule has 2 fully saturated rings. The Labute approximate surface area is 81.7 Å². The molecular weight excluding hydrogens is 184 g/mol. The first kappa shape index (κ1) is 9.64. The monoisotopic (exact) mass is 202 g/mol. The fourth-order valence-electron chi connectivity index (χ4n) is 2.11. The van der Waals surface area contributed by atoms with Crippen LogP contribution in [-0.4, -0.2) is 43.3 Å². The van der Waals surface area contributed by atoms with E-state index in [1.54, 1.807) is 0 Å². The molecule has 0 spiro atoms. The van der Waals surface area contributed by atoms with Crippen LogP contribution in [0.15, 0.2) is 0 Å². The van der Waals surface area contributed by atoms with Crippen molar-refractivity contribution in [3.63, 3.8) is 0 Å². The molecule has 2 rings (SSSR count). The van der Waals surface area contributed by atoms with Crippen molar-refractivity contribution in [3.05, 3.63) is 0 Å². The molecule has 0 radical (unpaired) electrons. The summed E-state index contributed by atoms with van der Waals surface area (Å²) in [5, 5.41) is 0. The quantitative estimate of drug-likeness (QED) is 0.589. The van der Waals surface area contributed by atoms with Crippen LogP contribution in [0, 0.1) is 17.8 Å². The fourth-order valence-corrected chi connectivity index (χ4v) is 3.56. The van der Waals surface area contributed by atoms with Gasteiger partial charge < -0.3 is 13.9 Å². The molecule has 76 valence electrons. The Kier molecular flexibility index (Phi) is 3.37. The largest absolute Gasteiger partial charge is 0.427 e. The lowest BCUT2D eigenvalue weighted by molar-refractivity contribution is -0.123. The lowest BCUT2D eigenvalue weighted by Gasteiger charge is -2.42. The van der Waals surface area contributed by atoms with E-state index in [4.69, 9.17) is 13.9 Å². The van der Waals surface area contributed by atoms with Gasteiger partial charge in [0.25, 0.3) is 0 Å². The lowest BCUT2D eigenvalue weighted by atomic mass is 9.80. The topological polar surface area (TPSA) is 27.7 Å². The average molecular weight is 202 g/mol. The van der Waals surface area contributed by atoms with E-state index in [1.165, 1.54) is 6.04 Å². The van der Waals surface area contributed by atoms with Gasteiger partial charge in [0.1, 0.15) is 0 Å². The van der Waals surface area contributed by atoms with E-state index in [2.05, 4.69) is 0 Å². The number of ether oxygens (including phenoxy) is 2. The van der Waals surface area contributed by atoms with Crippen molar-refractivity contribution in [3.8, 4) is 0 Å². The van der Waals surface area contributed by atoms with Crippen molar-refractivity contribution in [2.45, 2.75) is 6.04 Å². The van der Waals surface area contributed by atoms with Gasteiger partial charge in [-0.05, 0) is 12.0 Å². The molecule has 0 saturated carbocycles. The van der Waals surface area contributed by atoms with Crippen LogP contribution in [-0.2, 0) is 13.9 Å². The molecule has 0 amide bonds. The van der Waals surface area contributed by atoms with Gasteiger partial charge >= 0.3 is 0 Å². The van der Waals surface area contributed by atoms with Crippen LogP contribution in [0.5, 0.6) is 0 Å². The zero-order chi connectivity index (χ0) is 9.10.